The van der Waals surface area contributed by atoms with E-state index in [1.165, 1.54) is 6.07 Å². The Labute approximate surface area is 104 Å². The molecule has 0 unspecified atom stereocenters. The van der Waals surface area contributed by atoms with Crippen LogP contribution in [0, 0.1) is 11.6 Å². The van der Waals surface area contributed by atoms with Crippen LogP contribution in [0.3, 0.4) is 0 Å². The van der Waals surface area contributed by atoms with Gasteiger partial charge in [-0.15, -0.1) is 0 Å². The summed E-state index contributed by atoms with van der Waals surface area (Å²) in [4.78, 5) is 11.3. The fraction of sp³-hybridized carbons (Fsp3) is 0.462. The zero-order chi connectivity index (χ0) is 13.3. The summed E-state index contributed by atoms with van der Waals surface area (Å²) in [7, 11) is 0. The van der Waals surface area contributed by atoms with Gasteiger partial charge < -0.3 is 11.5 Å². The van der Waals surface area contributed by atoms with Gasteiger partial charge in [0.05, 0.1) is 0 Å². The van der Waals surface area contributed by atoms with Crippen LogP contribution in [0.1, 0.15) is 47.5 Å². The van der Waals surface area contributed by atoms with Crippen LogP contribution in [0.2, 0.25) is 0 Å². The van der Waals surface area contributed by atoms with Crippen molar-refractivity contribution in [1.29, 1.82) is 0 Å². The second-order valence-electron chi connectivity index (χ2n) is 4.80. The second-order valence-corrected chi connectivity index (χ2v) is 4.80. The fourth-order valence-corrected chi connectivity index (χ4v) is 2.59. The van der Waals surface area contributed by atoms with E-state index >= 15 is 0 Å². The molecule has 0 saturated heterocycles. The number of amides is 1. The van der Waals surface area contributed by atoms with Crippen molar-refractivity contribution in [2.75, 3.05) is 0 Å². The molecule has 0 atom stereocenters. The quantitative estimate of drug-likeness (QED) is 0.848. The molecule has 18 heavy (non-hydrogen) atoms. The maximum absolute atomic E-state index is 13.9. The topological polar surface area (TPSA) is 69.1 Å². The largest absolute Gasteiger partial charge is 0.366 e. The van der Waals surface area contributed by atoms with Crippen LogP contribution in [0.25, 0.3) is 0 Å². The van der Waals surface area contributed by atoms with Crippen molar-refractivity contribution in [3.63, 3.8) is 0 Å². The summed E-state index contributed by atoms with van der Waals surface area (Å²) in [6, 6.07) is 2.30. The maximum Gasteiger partial charge on any atom is 0.249 e. The van der Waals surface area contributed by atoms with Gasteiger partial charge in [0.15, 0.2) is 11.6 Å². The number of rotatable bonds is 2. The summed E-state index contributed by atoms with van der Waals surface area (Å²) >= 11 is 0. The Balaban J connectivity index is 2.41. The van der Waals surface area contributed by atoms with E-state index in [4.69, 9.17) is 11.5 Å². The first-order valence-electron chi connectivity index (χ1n) is 6.04. The molecule has 4 N–H and O–H groups in total. The maximum atomic E-state index is 13.9. The van der Waals surface area contributed by atoms with Crippen molar-refractivity contribution < 1.29 is 13.6 Å². The molecule has 5 heteroatoms. The summed E-state index contributed by atoms with van der Waals surface area (Å²) in [5, 5.41) is 0. The molecule has 0 heterocycles. The zero-order valence-electron chi connectivity index (χ0n) is 9.96. The highest BCUT2D eigenvalue weighted by molar-refractivity contribution is 5.94. The lowest BCUT2D eigenvalue weighted by molar-refractivity contribution is 0.0998. The minimum absolute atomic E-state index is 0.0781. The molecule has 1 amide bonds. The molecular formula is C13H16F2N2O. The van der Waals surface area contributed by atoms with Crippen molar-refractivity contribution in [2.45, 2.75) is 37.6 Å². The highest BCUT2D eigenvalue weighted by Gasteiger charge is 2.27. The Kier molecular flexibility index (Phi) is 3.61. The smallest absolute Gasteiger partial charge is 0.249 e. The number of benzene rings is 1. The molecule has 1 aromatic rings. The fourth-order valence-electron chi connectivity index (χ4n) is 2.59. The van der Waals surface area contributed by atoms with Gasteiger partial charge in [-0.3, -0.25) is 4.79 Å². The number of primary amides is 1. The molecule has 1 aliphatic carbocycles. The van der Waals surface area contributed by atoms with E-state index < -0.39 is 17.5 Å². The summed E-state index contributed by atoms with van der Waals surface area (Å²) in [6.45, 7) is 0. The van der Waals surface area contributed by atoms with Crippen LogP contribution >= 0.6 is 0 Å². The monoisotopic (exact) mass is 254 g/mol. The molecule has 1 fully saturated rings. The molecule has 1 aliphatic rings. The molecule has 3 nitrogen and oxygen atoms in total. The van der Waals surface area contributed by atoms with Crippen LogP contribution in [-0.4, -0.2) is 11.9 Å². The van der Waals surface area contributed by atoms with Crippen LogP contribution in [0.5, 0.6) is 0 Å². The van der Waals surface area contributed by atoms with Gasteiger partial charge >= 0.3 is 0 Å². The van der Waals surface area contributed by atoms with Gasteiger partial charge in [0, 0.05) is 17.2 Å². The van der Waals surface area contributed by atoms with E-state index in [9.17, 15) is 13.6 Å². The third kappa shape index (κ3) is 2.36. The van der Waals surface area contributed by atoms with E-state index in [0.29, 0.717) is 12.8 Å². The minimum atomic E-state index is -0.952. The summed E-state index contributed by atoms with van der Waals surface area (Å²) in [5.74, 6) is -2.79. The normalized spacial score (nSPS) is 23.9. The first-order valence-corrected chi connectivity index (χ1v) is 6.04. The van der Waals surface area contributed by atoms with Crippen molar-refractivity contribution in [1.82, 2.24) is 0 Å². The third-order valence-electron chi connectivity index (χ3n) is 3.58. The van der Waals surface area contributed by atoms with E-state index in [-0.39, 0.29) is 23.1 Å². The summed E-state index contributed by atoms with van der Waals surface area (Å²) < 4.78 is 27.2. The summed E-state index contributed by atoms with van der Waals surface area (Å²) in [6.07, 6.45) is 2.81. The van der Waals surface area contributed by atoms with Gasteiger partial charge in [-0.25, -0.2) is 8.78 Å². The number of halogens is 2. The first-order chi connectivity index (χ1) is 8.50. The predicted molar refractivity (Wildman–Crippen MR) is 64.1 cm³/mol. The highest BCUT2D eigenvalue weighted by atomic mass is 19.2. The molecule has 1 aromatic carbocycles. The number of carbonyl (C=O) groups is 1. The second kappa shape index (κ2) is 5.02. The lowest BCUT2D eigenvalue weighted by atomic mass is 9.80. The SMILES string of the molecule is NC(=O)c1ccc(F)c(F)c1[C@H]1CC[C@@H](N)CC1. The number of hydrogen-bond acceptors (Lipinski definition) is 2. The van der Waals surface area contributed by atoms with Crippen LogP contribution < -0.4 is 11.5 Å². The van der Waals surface area contributed by atoms with Crippen LogP contribution in [-0.2, 0) is 0 Å². The lowest BCUT2D eigenvalue weighted by Gasteiger charge is -2.27. The Morgan fingerprint density at radius 2 is 1.78 bits per heavy atom. The molecular weight excluding hydrogens is 238 g/mol. The average molecular weight is 254 g/mol. The summed E-state index contributed by atoms with van der Waals surface area (Å²) in [5.41, 5.74) is 11.2. The highest BCUT2D eigenvalue weighted by Crippen LogP contribution is 2.36. The van der Waals surface area contributed by atoms with Gasteiger partial charge in [0.2, 0.25) is 5.91 Å². The van der Waals surface area contributed by atoms with Gasteiger partial charge in [0.1, 0.15) is 0 Å². The standard InChI is InChI=1S/C13H16F2N2O/c14-10-6-5-9(13(17)18)11(12(10)15)7-1-3-8(16)4-2-7/h5-8H,1-4,16H2,(H2,17,18)/t7-,8+. The molecule has 98 valence electrons. The van der Waals surface area contributed by atoms with Crippen molar-refractivity contribution >= 4 is 5.91 Å². The molecule has 2 rings (SSSR count). The predicted octanol–water partition coefficient (Wildman–Crippen LogP) is 2.05. The molecule has 1 saturated carbocycles. The molecule has 0 bridgehead atoms. The number of carbonyl (C=O) groups excluding carboxylic acids is 1. The molecule has 0 aliphatic heterocycles. The lowest BCUT2D eigenvalue weighted by Crippen LogP contribution is -2.27. The third-order valence-corrected chi connectivity index (χ3v) is 3.58. The van der Waals surface area contributed by atoms with Gasteiger partial charge in [-0.2, -0.15) is 0 Å². The van der Waals surface area contributed by atoms with Crippen LogP contribution in [0.15, 0.2) is 12.1 Å². The Hall–Kier alpha value is -1.49. The molecule has 0 radical (unpaired) electrons. The number of hydrogen-bond donors (Lipinski definition) is 2. The van der Waals surface area contributed by atoms with Gasteiger partial charge in [0.25, 0.3) is 0 Å². The van der Waals surface area contributed by atoms with Crippen molar-refractivity contribution in [3.05, 3.63) is 34.9 Å². The van der Waals surface area contributed by atoms with Crippen molar-refractivity contribution in [2.24, 2.45) is 11.5 Å². The van der Waals surface area contributed by atoms with Gasteiger partial charge in [-0.05, 0) is 43.7 Å². The van der Waals surface area contributed by atoms with E-state index in [0.717, 1.165) is 18.9 Å². The van der Waals surface area contributed by atoms with Crippen molar-refractivity contribution in [3.8, 4) is 0 Å². The molecule has 0 spiro atoms. The van der Waals surface area contributed by atoms with E-state index in [2.05, 4.69) is 0 Å². The first kappa shape index (κ1) is 13.0. The van der Waals surface area contributed by atoms with Crippen LogP contribution in [0.4, 0.5) is 8.78 Å². The number of nitrogens with two attached hydrogens (primary N) is 2. The van der Waals surface area contributed by atoms with E-state index in [1.54, 1.807) is 0 Å². The molecule has 0 aromatic heterocycles. The van der Waals surface area contributed by atoms with E-state index in [1.807, 2.05) is 0 Å². The Bertz CT molecular complexity index is 468. The van der Waals surface area contributed by atoms with Gasteiger partial charge in [-0.1, -0.05) is 0 Å². The Morgan fingerprint density at radius 1 is 1.17 bits per heavy atom. The minimum Gasteiger partial charge on any atom is -0.366 e. The Morgan fingerprint density at radius 3 is 2.33 bits per heavy atom. The average Bonchev–Trinajstić information content (AvgIpc) is 2.33. The zero-order valence-corrected chi connectivity index (χ0v) is 9.96.